The lowest BCUT2D eigenvalue weighted by Gasteiger charge is -2.01. The number of benzene rings is 1. The molecule has 0 unspecified atom stereocenters. The van der Waals surface area contributed by atoms with Crippen LogP contribution in [0.2, 0.25) is 0 Å². The SMILES string of the molecule is Cc1nc(CNC(=O)Cc2nc(-c3ccccc3)oc2C)oc1C. The van der Waals surface area contributed by atoms with Crippen LogP contribution in [-0.4, -0.2) is 15.9 Å². The van der Waals surface area contributed by atoms with E-state index < -0.39 is 0 Å². The smallest absolute Gasteiger partial charge is 0.226 e. The van der Waals surface area contributed by atoms with Crippen LogP contribution < -0.4 is 5.32 Å². The van der Waals surface area contributed by atoms with Crippen LogP contribution in [0.15, 0.2) is 39.2 Å². The third kappa shape index (κ3) is 3.53. The predicted octanol–water partition coefficient (Wildman–Crippen LogP) is 3.11. The summed E-state index contributed by atoms with van der Waals surface area (Å²) in [6.07, 6.45) is 0.154. The van der Waals surface area contributed by atoms with Crippen LogP contribution in [0, 0.1) is 20.8 Å². The highest BCUT2D eigenvalue weighted by Gasteiger charge is 2.15. The zero-order valence-electron chi connectivity index (χ0n) is 13.9. The quantitative estimate of drug-likeness (QED) is 0.779. The first-order valence-electron chi connectivity index (χ1n) is 7.74. The molecule has 6 nitrogen and oxygen atoms in total. The summed E-state index contributed by atoms with van der Waals surface area (Å²) >= 11 is 0. The zero-order valence-corrected chi connectivity index (χ0v) is 13.9. The number of nitrogens with one attached hydrogen (secondary N) is 1. The summed E-state index contributed by atoms with van der Waals surface area (Å²) in [5.41, 5.74) is 2.35. The molecule has 0 aliphatic carbocycles. The van der Waals surface area contributed by atoms with Gasteiger partial charge in [-0.25, -0.2) is 9.97 Å². The van der Waals surface area contributed by atoms with E-state index >= 15 is 0 Å². The van der Waals surface area contributed by atoms with Gasteiger partial charge in [-0.1, -0.05) is 18.2 Å². The monoisotopic (exact) mass is 325 g/mol. The lowest BCUT2D eigenvalue weighted by Crippen LogP contribution is -2.25. The zero-order chi connectivity index (χ0) is 17.1. The first-order chi connectivity index (χ1) is 11.5. The minimum atomic E-state index is -0.153. The van der Waals surface area contributed by atoms with Gasteiger partial charge in [0.1, 0.15) is 11.5 Å². The summed E-state index contributed by atoms with van der Waals surface area (Å²) in [5.74, 6) is 2.28. The predicted molar refractivity (Wildman–Crippen MR) is 88.2 cm³/mol. The fourth-order valence-corrected chi connectivity index (χ4v) is 2.30. The Bertz CT molecular complexity index is 830. The van der Waals surface area contributed by atoms with Gasteiger partial charge in [0.05, 0.1) is 24.4 Å². The summed E-state index contributed by atoms with van der Waals surface area (Å²) in [6, 6.07) is 9.60. The van der Waals surface area contributed by atoms with E-state index in [1.807, 2.05) is 51.1 Å². The normalized spacial score (nSPS) is 10.8. The lowest BCUT2D eigenvalue weighted by molar-refractivity contribution is -0.120. The molecular formula is C18H19N3O3. The van der Waals surface area contributed by atoms with E-state index in [4.69, 9.17) is 8.83 Å². The number of nitrogens with zero attached hydrogens (tertiary/aromatic N) is 2. The van der Waals surface area contributed by atoms with E-state index in [0.29, 0.717) is 23.2 Å². The summed E-state index contributed by atoms with van der Waals surface area (Å²) in [4.78, 5) is 20.8. The molecule has 0 atom stereocenters. The van der Waals surface area contributed by atoms with E-state index in [1.54, 1.807) is 0 Å². The third-order valence-electron chi connectivity index (χ3n) is 3.75. The molecule has 0 bridgehead atoms. The number of aromatic nitrogens is 2. The van der Waals surface area contributed by atoms with Crippen LogP contribution in [0.4, 0.5) is 0 Å². The number of hydrogen-bond donors (Lipinski definition) is 1. The van der Waals surface area contributed by atoms with Crippen molar-refractivity contribution >= 4 is 5.91 Å². The van der Waals surface area contributed by atoms with E-state index in [9.17, 15) is 4.79 Å². The molecule has 0 aliphatic heterocycles. The van der Waals surface area contributed by atoms with Crippen molar-refractivity contribution in [1.29, 1.82) is 0 Å². The third-order valence-corrected chi connectivity index (χ3v) is 3.75. The minimum Gasteiger partial charge on any atom is -0.444 e. The molecule has 2 aromatic heterocycles. The van der Waals surface area contributed by atoms with Gasteiger partial charge in [-0.2, -0.15) is 0 Å². The summed E-state index contributed by atoms with van der Waals surface area (Å²) < 4.78 is 11.1. The molecule has 0 spiro atoms. The molecule has 1 amide bonds. The minimum absolute atomic E-state index is 0.153. The second-order valence-electron chi connectivity index (χ2n) is 5.59. The summed E-state index contributed by atoms with van der Waals surface area (Å²) in [5, 5.41) is 2.79. The second kappa shape index (κ2) is 6.70. The number of hydrogen-bond acceptors (Lipinski definition) is 5. The maximum absolute atomic E-state index is 12.1. The van der Waals surface area contributed by atoms with Gasteiger partial charge in [-0.15, -0.1) is 0 Å². The Morgan fingerprint density at radius 1 is 1.04 bits per heavy atom. The Morgan fingerprint density at radius 3 is 2.46 bits per heavy atom. The van der Waals surface area contributed by atoms with E-state index in [0.717, 1.165) is 17.0 Å². The van der Waals surface area contributed by atoms with Crippen LogP contribution in [0.5, 0.6) is 0 Å². The van der Waals surface area contributed by atoms with Crippen molar-refractivity contribution in [2.24, 2.45) is 0 Å². The van der Waals surface area contributed by atoms with Gasteiger partial charge in [0.25, 0.3) is 0 Å². The van der Waals surface area contributed by atoms with Crippen LogP contribution in [0.25, 0.3) is 11.5 Å². The van der Waals surface area contributed by atoms with Crippen molar-refractivity contribution in [1.82, 2.24) is 15.3 Å². The molecule has 1 aromatic carbocycles. The summed E-state index contributed by atoms with van der Waals surface area (Å²) in [7, 11) is 0. The maximum Gasteiger partial charge on any atom is 0.226 e. The standard InChI is InChI=1S/C18H19N3O3/c1-11-12(2)23-17(20-11)10-19-16(22)9-15-13(3)24-18(21-15)14-7-5-4-6-8-14/h4-8H,9-10H2,1-3H3,(H,19,22). The average molecular weight is 325 g/mol. The van der Waals surface area contributed by atoms with Crippen molar-refractivity contribution < 1.29 is 13.6 Å². The molecule has 0 saturated heterocycles. The van der Waals surface area contributed by atoms with E-state index in [1.165, 1.54) is 0 Å². The number of amides is 1. The van der Waals surface area contributed by atoms with Crippen LogP contribution in [-0.2, 0) is 17.8 Å². The highest BCUT2D eigenvalue weighted by atomic mass is 16.4. The first kappa shape index (κ1) is 16.0. The molecule has 0 radical (unpaired) electrons. The number of aryl methyl sites for hydroxylation is 3. The van der Waals surface area contributed by atoms with Gasteiger partial charge < -0.3 is 14.2 Å². The topological polar surface area (TPSA) is 81.2 Å². The lowest BCUT2D eigenvalue weighted by atomic mass is 10.2. The van der Waals surface area contributed by atoms with Gasteiger partial charge in [0, 0.05) is 5.56 Å². The Hall–Kier alpha value is -2.89. The van der Waals surface area contributed by atoms with Gasteiger partial charge in [0.2, 0.25) is 17.7 Å². The van der Waals surface area contributed by atoms with Crippen LogP contribution in [0.1, 0.15) is 28.8 Å². The van der Waals surface area contributed by atoms with Crippen molar-refractivity contribution in [3.05, 3.63) is 59.1 Å². The maximum atomic E-state index is 12.1. The van der Waals surface area contributed by atoms with Crippen molar-refractivity contribution in [2.75, 3.05) is 0 Å². The van der Waals surface area contributed by atoms with E-state index in [2.05, 4.69) is 15.3 Å². The Morgan fingerprint density at radius 2 is 1.79 bits per heavy atom. The van der Waals surface area contributed by atoms with Crippen molar-refractivity contribution in [3.8, 4) is 11.5 Å². The molecule has 0 saturated carbocycles. The van der Waals surface area contributed by atoms with Crippen molar-refractivity contribution in [2.45, 2.75) is 33.7 Å². The molecule has 24 heavy (non-hydrogen) atoms. The number of oxazole rings is 2. The van der Waals surface area contributed by atoms with Gasteiger partial charge >= 0.3 is 0 Å². The molecular weight excluding hydrogens is 306 g/mol. The van der Waals surface area contributed by atoms with Gasteiger partial charge in [0.15, 0.2) is 0 Å². The summed E-state index contributed by atoms with van der Waals surface area (Å²) in [6.45, 7) is 5.78. The van der Waals surface area contributed by atoms with E-state index in [-0.39, 0.29) is 18.9 Å². The Balaban J connectivity index is 1.63. The highest BCUT2D eigenvalue weighted by Crippen LogP contribution is 2.21. The van der Waals surface area contributed by atoms with Crippen LogP contribution in [0.3, 0.4) is 0 Å². The molecule has 1 N–H and O–H groups in total. The number of rotatable bonds is 5. The molecule has 0 fully saturated rings. The Kier molecular flexibility index (Phi) is 4.46. The van der Waals surface area contributed by atoms with Crippen LogP contribution >= 0.6 is 0 Å². The number of carbonyl (C=O) groups excluding carboxylic acids is 1. The van der Waals surface area contributed by atoms with Gasteiger partial charge in [-0.3, -0.25) is 4.79 Å². The fourth-order valence-electron chi connectivity index (χ4n) is 2.30. The molecule has 6 heteroatoms. The first-order valence-corrected chi connectivity index (χ1v) is 7.74. The average Bonchev–Trinajstić information content (AvgIpc) is 3.09. The fraction of sp³-hybridized carbons (Fsp3) is 0.278. The molecule has 0 aliphatic rings. The molecule has 3 aromatic rings. The molecule has 2 heterocycles. The second-order valence-corrected chi connectivity index (χ2v) is 5.59. The number of carbonyl (C=O) groups is 1. The molecule has 3 rings (SSSR count). The van der Waals surface area contributed by atoms with Gasteiger partial charge in [-0.05, 0) is 32.9 Å². The highest BCUT2D eigenvalue weighted by molar-refractivity contribution is 5.78. The molecule has 124 valence electrons. The largest absolute Gasteiger partial charge is 0.444 e. The van der Waals surface area contributed by atoms with Crippen molar-refractivity contribution in [3.63, 3.8) is 0 Å². The Labute approximate surface area is 139 Å².